The molecule has 1 amide bonds. The normalized spacial score (nSPS) is 15.6. The zero-order valence-electron chi connectivity index (χ0n) is 14.1. The largest absolute Gasteiger partial charge is 0.394 e. The molecule has 0 unspecified atom stereocenters. The van der Waals surface area contributed by atoms with Crippen LogP contribution in [0.15, 0.2) is 12.7 Å². The van der Waals surface area contributed by atoms with E-state index in [-0.39, 0.29) is 25.7 Å². The Labute approximate surface area is 144 Å². The Morgan fingerprint density at radius 3 is 2.72 bits per heavy atom. The second-order valence-corrected chi connectivity index (χ2v) is 5.84. The van der Waals surface area contributed by atoms with Gasteiger partial charge in [0.1, 0.15) is 6.33 Å². The van der Waals surface area contributed by atoms with Crippen molar-refractivity contribution in [2.75, 3.05) is 58.0 Å². The van der Waals surface area contributed by atoms with Gasteiger partial charge in [0.15, 0.2) is 17.0 Å². The molecule has 2 aromatic rings. The molecule has 25 heavy (non-hydrogen) atoms. The van der Waals surface area contributed by atoms with Gasteiger partial charge in [0.25, 0.3) is 0 Å². The van der Waals surface area contributed by atoms with Gasteiger partial charge in [-0.3, -0.25) is 4.79 Å². The molecule has 3 heterocycles. The Balaban J connectivity index is 1.84. The summed E-state index contributed by atoms with van der Waals surface area (Å²) in [6.45, 7) is 2.08. The van der Waals surface area contributed by atoms with E-state index in [1.54, 1.807) is 16.6 Å². The summed E-state index contributed by atoms with van der Waals surface area (Å²) in [5, 5.41) is 18.8. The highest BCUT2D eigenvalue weighted by molar-refractivity contribution is 5.88. The van der Waals surface area contributed by atoms with Crippen LogP contribution >= 0.6 is 0 Å². The van der Waals surface area contributed by atoms with E-state index in [0.29, 0.717) is 43.2 Å². The minimum atomic E-state index is -0.514. The van der Waals surface area contributed by atoms with Gasteiger partial charge in [-0.05, 0) is 0 Å². The predicted molar refractivity (Wildman–Crippen MR) is 89.2 cm³/mol. The quantitative estimate of drug-likeness (QED) is 0.629. The van der Waals surface area contributed by atoms with Gasteiger partial charge in [-0.2, -0.15) is 0 Å². The number of anilines is 1. The molecule has 0 aliphatic carbocycles. The number of carbonyl (C=O) groups is 1. The molecule has 1 fully saturated rings. The van der Waals surface area contributed by atoms with Crippen LogP contribution in [0, 0.1) is 0 Å². The molecule has 1 saturated heterocycles. The van der Waals surface area contributed by atoms with Gasteiger partial charge < -0.3 is 29.3 Å². The first kappa shape index (κ1) is 17.5. The number of hydrogen-bond donors (Lipinski definition) is 2. The molecule has 0 spiro atoms. The third-order valence-corrected chi connectivity index (χ3v) is 4.34. The van der Waals surface area contributed by atoms with E-state index < -0.39 is 6.04 Å². The minimum absolute atomic E-state index is 0.0121. The molecule has 2 N–H and O–H groups in total. The van der Waals surface area contributed by atoms with Crippen LogP contribution in [0.1, 0.15) is 6.04 Å². The molecule has 10 nitrogen and oxygen atoms in total. The summed E-state index contributed by atoms with van der Waals surface area (Å²) in [5.74, 6) is 0.594. The second kappa shape index (κ2) is 7.72. The molecule has 136 valence electrons. The van der Waals surface area contributed by atoms with Crippen LogP contribution in [0.3, 0.4) is 0 Å². The minimum Gasteiger partial charge on any atom is -0.394 e. The van der Waals surface area contributed by atoms with Crippen molar-refractivity contribution in [2.45, 2.75) is 6.04 Å². The summed E-state index contributed by atoms with van der Waals surface area (Å²) in [7, 11) is 1.61. The second-order valence-electron chi connectivity index (χ2n) is 5.84. The first-order chi connectivity index (χ1) is 12.2. The number of aromatic nitrogens is 4. The third-order valence-electron chi connectivity index (χ3n) is 4.34. The van der Waals surface area contributed by atoms with Gasteiger partial charge in [0, 0.05) is 26.7 Å². The highest BCUT2D eigenvalue weighted by atomic mass is 16.5. The average Bonchev–Trinajstić information content (AvgIpc) is 3.06. The number of imidazole rings is 1. The van der Waals surface area contributed by atoms with Crippen molar-refractivity contribution in [3.05, 3.63) is 12.7 Å². The van der Waals surface area contributed by atoms with E-state index in [4.69, 9.17) is 4.74 Å². The van der Waals surface area contributed by atoms with Crippen molar-refractivity contribution < 1.29 is 19.7 Å². The molecule has 0 saturated carbocycles. The van der Waals surface area contributed by atoms with Gasteiger partial charge in [-0.1, -0.05) is 0 Å². The zero-order valence-corrected chi connectivity index (χ0v) is 14.1. The maximum atomic E-state index is 12.3. The molecule has 0 bridgehead atoms. The fraction of sp³-hybridized carbons (Fsp3) is 0.600. The maximum Gasteiger partial charge on any atom is 0.242 e. The number of methoxy groups -OCH3 is 1. The van der Waals surface area contributed by atoms with Crippen molar-refractivity contribution in [3.8, 4) is 0 Å². The van der Waals surface area contributed by atoms with Crippen molar-refractivity contribution in [1.82, 2.24) is 24.4 Å². The van der Waals surface area contributed by atoms with Crippen LogP contribution in [0.4, 0.5) is 5.82 Å². The van der Waals surface area contributed by atoms with Crippen LogP contribution in [-0.4, -0.2) is 93.6 Å². The first-order valence-electron chi connectivity index (χ1n) is 8.10. The van der Waals surface area contributed by atoms with Gasteiger partial charge in [-0.15, -0.1) is 0 Å². The number of hydrogen-bond acceptors (Lipinski definition) is 8. The number of nitrogens with zero attached hydrogens (tertiary/aromatic N) is 6. The van der Waals surface area contributed by atoms with Crippen molar-refractivity contribution >= 4 is 22.9 Å². The van der Waals surface area contributed by atoms with Gasteiger partial charge in [0.05, 0.1) is 38.7 Å². The Morgan fingerprint density at radius 2 is 2.04 bits per heavy atom. The van der Waals surface area contributed by atoms with Gasteiger partial charge in [-0.25, -0.2) is 15.0 Å². The number of carbonyl (C=O) groups excluding carboxylic acids is 1. The van der Waals surface area contributed by atoms with E-state index in [2.05, 4.69) is 15.0 Å². The number of piperazine rings is 1. The number of fused-ring (bicyclic) bond motifs is 1. The van der Waals surface area contributed by atoms with Crippen LogP contribution in [0.2, 0.25) is 0 Å². The fourth-order valence-corrected chi connectivity index (χ4v) is 2.90. The zero-order chi connectivity index (χ0) is 17.8. The van der Waals surface area contributed by atoms with Gasteiger partial charge in [0.2, 0.25) is 5.91 Å². The highest BCUT2D eigenvalue weighted by Gasteiger charge is 2.27. The monoisotopic (exact) mass is 350 g/mol. The Hall–Kier alpha value is -2.30. The molecule has 0 radical (unpaired) electrons. The molecule has 2 aromatic heterocycles. The van der Waals surface area contributed by atoms with Crippen molar-refractivity contribution in [2.24, 2.45) is 0 Å². The van der Waals surface area contributed by atoms with E-state index in [0.717, 1.165) is 0 Å². The van der Waals surface area contributed by atoms with E-state index in [1.807, 2.05) is 4.90 Å². The summed E-state index contributed by atoms with van der Waals surface area (Å²) in [4.78, 5) is 28.8. The van der Waals surface area contributed by atoms with Crippen LogP contribution in [0.25, 0.3) is 11.2 Å². The Morgan fingerprint density at radius 1 is 1.24 bits per heavy atom. The third kappa shape index (κ3) is 3.41. The summed E-state index contributed by atoms with van der Waals surface area (Å²) in [6.07, 6.45) is 2.93. The lowest BCUT2D eigenvalue weighted by molar-refractivity contribution is -0.131. The van der Waals surface area contributed by atoms with Gasteiger partial charge >= 0.3 is 0 Å². The number of rotatable bonds is 7. The predicted octanol–water partition coefficient (Wildman–Crippen LogP) is -1.35. The van der Waals surface area contributed by atoms with Crippen molar-refractivity contribution in [3.63, 3.8) is 0 Å². The topological polar surface area (TPSA) is 117 Å². The molecular weight excluding hydrogens is 328 g/mol. The summed E-state index contributed by atoms with van der Waals surface area (Å²) in [6, 6.07) is -0.514. The molecular formula is C15H22N6O4. The molecule has 10 heteroatoms. The van der Waals surface area contributed by atoms with Crippen LogP contribution < -0.4 is 4.90 Å². The van der Waals surface area contributed by atoms with E-state index in [9.17, 15) is 15.0 Å². The van der Waals surface area contributed by atoms with E-state index in [1.165, 1.54) is 12.7 Å². The highest BCUT2D eigenvalue weighted by Crippen LogP contribution is 2.24. The standard InChI is InChI=1S/C15H22N6O4/c1-25-5-4-19-2-3-20(6-12(19)24)14-13-15(17-9-16-14)21(10-18-13)11(7-22)8-23/h9-11,22-23H,2-8H2,1H3. The fourth-order valence-electron chi connectivity index (χ4n) is 2.90. The van der Waals surface area contributed by atoms with Crippen molar-refractivity contribution in [1.29, 1.82) is 0 Å². The lowest BCUT2D eigenvalue weighted by Crippen LogP contribution is -2.51. The summed E-state index contributed by atoms with van der Waals surface area (Å²) >= 11 is 0. The lowest BCUT2D eigenvalue weighted by Gasteiger charge is -2.34. The Bertz CT molecular complexity index is 732. The summed E-state index contributed by atoms with van der Waals surface area (Å²) in [5.41, 5.74) is 1.07. The number of aliphatic hydroxyl groups is 2. The SMILES string of the molecule is COCCN1CCN(c2ncnc3c2ncn3C(CO)CO)CC1=O. The smallest absolute Gasteiger partial charge is 0.242 e. The molecule has 1 aliphatic heterocycles. The molecule has 0 aromatic carbocycles. The molecule has 0 atom stereocenters. The Kier molecular flexibility index (Phi) is 5.41. The summed E-state index contributed by atoms with van der Waals surface area (Å²) < 4.78 is 6.65. The van der Waals surface area contributed by atoms with Crippen LogP contribution in [-0.2, 0) is 9.53 Å². The van der Waals surface area contributed by atoms with E-state index >= 15 is 0 Å². The number of aliphatic hydroxyl groups excluding tert-OH is 2. The lowest BCUT2D eigenvalue weighted by atomic mass is 10.3. The molecule has 1 aliphatic rings. The average molecular weight is 350 g/mol. The van der Waals surface area contributed by atoms with Crippen LogP contribution in [0.5, 0.6) is 0 Å². The maximum absolute atomic E-state index is 12.3. The number of amides is 1. The number of ether oxygens (including phenoxy) is 1. The molecule has 3 rings (SSSR count). The first-order valence-corrected chi connectivity index (χ1v) is 8.10.